The number of hydroxylamine groups is 2. The van der Waals surface area contributed by atoms with Gasteiger partial charge in [-0.1, -0.05) is 6.92 Å². The lowest BCUT2D eigenvalue weighted by molar-refractivity contribution is -0.194. The third-order valence-electron chi connectivity index (χ3n) is 6.65. The van der Waals surface area contributed by atoms with E-state index < -0.39 is 0 Å². The molecule has 0 bridgehead atoms. The summed E-state index contributed by atoms with van der Waals surface area (Å²) < 4.78 is 12.0. The summed E-state index contributed by atoms with van der Waals surface area (Å²) in [4.78, 5) is 10.7. The van der Waals surface area contributed by atoms with E-state index in [1.54, 1.807) is 7.11 Å². The van der Waals surface area contributed by atoms with Gasteiger partial charge >= 0.3 is 0 Å². The van der Waals surface area contributed by atoms with Crippen molar-refractivity contribution in [3.8, 4) is 11.5 Å². The van der Waals surface area contributed by atoms with Crippen LogP contribution in [0.25, 0.3) is 10.9 Å². The maximum Gasteiger partial charge on any atom is 0.163 e. The minimum atomic E-state index is 0.461. The molecule has 2 aromatic rings. The van der Waals surface area contributed by atoms with Crippen LogP contribution in [0.4, 0.5) is 5.69 Å². The van der Waals surface area contributed by atoms with Gasteiger partial charge in [-0.25, -0.2) is 0 Å². The first-order valence-electron chi connectivity index (χ1n) is 11.5. The van der Waals surface area contributed by atoms with Crippen molar-refractivity contribution in [1.29, 1.82) is 0 Å². The smallest absolute Gasteiger partial charge is 0.163 e. The highest BCUT2D eigenvalue weighted by Crippen LogP contribution is 2.40. The third-order valence-corrected chi connectivity index (χ3v) is 6.65. The Morgan fingerprint density at radius 1 is 1.17 bits per heavy atom. The molecule has 2 heterocycles. The van der Waals surface area contributed by atoms with Crippen LogP contribution < -0.4 is 14.8 Å². The fourth-order valence-corrected chi connectivity index (χ4v) is 4.66. The molecule has 6 nitrogen and oxygen atoms in total. The van der Waals surface area contributed by atoms with Gasteiger partial charge in [0.05, 0.1) is 25.8 Å². The van der Waals surface area contributed by atoms with Crippen LogP contribution >= 0.6 is 0 Å². The topological polar surface area (TPSA) is 55.9 Å². The molecule has 6 heteroatoms. The first-order valence-corrected chi connectivity index (χ1v) is 11.5. The summed E-state index contributed by atoms with van der Waals surface area (Å²) in [5.74, 6) is 2.87. The van der Waals surface area contributed by atoms with Crippen LogP contribution in [-0.4, -0.2) is 50.0 Å². The van der Waals surface area contributed by atoms with Crippen molar-refractivity contribution in [3.63, 3.8) is 0 Å². The van der Waals surface area contributed by atoms with E-state index in [1.807, 2.05) is 5.06 Å². The van der Waals surface area contributed by atoms with E-state index in [-0.39, 0.29) is 0 Å². The first-order chi connectivity index (χ1) is 14.7. The van der Waals surface area contributed by atoms with Gasteiger partial charge < -0.3 is 14.8 Å². The number of benzene rings is 1. The predicted molar refractivity (Wildman–Crippen MR) is 118 cm³/mol. The Kier molecular flexibility index (Phi) is 5.70. The van der Waals surface area contributed by atoms with Crippen LogP contribution in [0.2, 0.25) is 0 Å². The van der Waals surface area contributed by atoms with E-state index in [0.29, 0.717) is 12.5 Å². The summed E-state index contributed by atoms with van der Waals surface area (Å²) in [5, 5.41) is 6.94. The number of ether oxygens (including phenoxy) is 2. The molecule has 30 heavy (non-hydrogen) atoms. The number of methoxy groups -OCH3 is 1. The Bertz CT molecular complexity index is 912. The number of pyridine rings is 1. The fraction of sp³-hybridized carbons (Fsp3) is 0.625. The Hall–Kier alpha value is -2.05. The highest BCUT2D eigenvalue weighted by molar-refractivity contribution is 5.96. The average Bonchev–Trinajstić information content (AvgIpc) is 3.50. The molecule has 2 aliphatic carbocycles. The molecule has 1 unspecified atom stereocenters. The highest BCUT2D eigenvalue weighted by atomic mass is 16.7. The highest BCUT2D eigenvalue weighted by Gasteiger charge is 2.25. The van der Waals surface area contributed by atoms with E-state index in [9.17, 15) is 0 Å². The van der Waals surface area contributed by atoms with Crippen molar-refractivity contribution in [1.82, 2.24) is 10.0 Å². The van der Waals surface area contributed by atoms with Gasteiger partial charge in [0.2, 0.25) is 0 Å². The fourth-order valence-electron chi connectivity index (χ4n) is 4.66. The van der Waals surface area contributed by atoms with Crippen molar-refractivity contribution < 1.29 is 14.3 Å². The molecule has 2 fully saturated rings. The van der Waals surface area contributed by atoms with Crippen LogP contribution in [-0.2, 0) is 17.7 Å². The predicted octanol–water partition coefficient (Wildman–Crippen LogP) is 4.21. The maximum absolute atomic E-state index is 6.27. The molecule has 1 atom stereocenters. The molecule has 0 amide bonds. The summed E-state index contributed by atoms with van der Waals surface area (Å²) in [7, 11) is 1.72. The van der Waals surface area contributed by atoms with E-state index in [1.165, 1.54) is 36.2 Å². The summed E-state index contributed by atoms with van der Waals surface area (Å²) in [5.41, 5.74) is 4.93. The van der Waals surface area contributed by atoms with E-state index in [4.69, 9.17) is 19.3 Å². The van der Waals surface area contributed by atoms with Crippen LogP contribution in [0, 0.1) is 11.8 Å². The van der Waals surface area contributed by atoms with Crippen molar-refractivity contribution in [2.24, 2.45) is 11.8 Å². The second-order valence-corrected chi connectivity index (χ2v) is 8.89. The molecule has 1 aliphatic heterocycles. The van der Waals surface area contributed by atoms with Crippen LogP contribution in [0.15, 0.2) is 12.1 Å². The Morgan fingerprint density at radius 3 is 2.87 bits per heavy atom. The molecule has 1 aromatic carbocycles. The number of rotatable bonds is 8. The van der Waals surface area contributed by atoms with Crippen molar-refractivity contribution in [2.75, 3.05) is 45.3 Å². The Morgan fingerprint density at radius 2 is 2.07 bits per heavy atom. The first kappa shape index (κ1) is 19.9. The zero-order chi connectivity index (χ0) is 20.5. The quantitative estimate of drug-likeness (QED) is 0.702. The molecule has 1 aromatic heterocycles. The molecule has 5 rings (SSSR count). The van der Waals surface area contributed by atoms with Crippen molar-refractivity contribution in [3.05, 3.63) is 23.4 Å². The molecule has 1 saturated heterocycles. The van der Waals surface area contributed by atoms with Crippen LogP contribution in [0.5, 0.6) is 11.5 Å². The van der Waals surface area contributed by atoms with Gasteiger partial charge in [0, 0.05) is 48.4 Å². The number of aromatic nitrogens is 1. The number of fused-ring (bicyclic) bond motifs is 2. The normalized spacial score (nSPS) is 21.6. The van der Waals surface area contributed by atoms with Gasteiger partial charge in [0.15, 0.2) is 11.5 Å². The summed E-state index contributed by atoms with van der Waals surface area (Å²) in [6.45, 7) is 6.42. The summed E-state index contributed by atoms with van der Waals surface area (Å²) in [6, 6.07) is 4.19. The molecular formula is C24H33N3O3. The van der Waals surface area contributed by atoms with Crippen molar-refractivity contribution >= 4 is 16.6 Å². The van der Waals surface area contributed by atoms with Crippen molar-refractivity contribution in [2.45, 2.75) is 45.4 Å². The zero-order valence-electron chi connectivity index (χ0n) is 18.2. The lowest BCUT2D eigenvalue weighted by Crippen LogP contribution is -2.38. The Labute approximate surface area is 178 Å². The standard InChI is InChI=1S/C24H33N3O3/c1-3-27-14-17(9-10-30-27)15-29-23-12-21-19(11-22(23)28-2)24(25-13-16-7-8-16)18-5-4-6-20(18)26-21/h11-12,16-17H,3-10,13-15H2,1-2H3,(H,25,26). The van der Waals surface area contributed by atoms with Gasteiger partial charge in [-0.2, -0.15) is 5.06 Å². The van der Waals surface area contributed by atoms with Gasteiger partial charge in [0.1, 0.15) is 0 Å². The lowest BCUT2D eigenvalue weighted by atomic mass is 10.1. The molecule has 3 aliphatic rings. The molecule has 0 spiro atoms. The molecular weight excluding hydrogens is 378 g/mol. The number of aryl methyl sites for hydroxylation is 1. The van der Waals surface area contributed by atoms with E-state index in [2.05, 4.69) is 24.4 Å². The van der Waals surface area contributed by atoms with Gasteiger partial charge in [-0.3, -0.25) is 9.82 Å². The van der Waals surface area contributed by atoms with Gasteiger partial charge in [0.25, 0.3) is 0 Å². The summed E-state index contributed by atoms with van der Waals surface area (Å²) >= 11 is 0. The number of nitrogens with zero attached hydrogens (tertiary/aromatic N) is 2. The number of anilines is 1. The molecule has 0 radical (unpaired) electrons. The second-order valence-electron chi connectivity index (χ2n) is 8.89. The largest absolute Gasteiger partial charge is 0.493 e. The van der Waals surface area contributed by atoms with E-state index in [0.717, 1.165) is 73.8 Å². The SMILES string of the molecule is CCN1CC(COc2cc3nc4c(c(NCC5CC5)c3cc2OC)CCC4)CCO1. The Balaban J connectivity index is 1.42. The molecule has 1 N–H and O–H groups in total. The minimum absolute atomic E-state index is 0.461. The maximum atomic E-state index is 6.27. The number of hydrogen-bond acceptors (Lipinski definition) is 6. The third kappa shape index (κ3) is 4.08. The number of hydrogen-bond donors (Lipinski definition) is 1. The monoisotopic (exact) mass is 411 g/mol. The second kappa shape index (κ2) is 8.60. The zero-order valence-corrected chi connectivity index (χ0v) is 18.2. The van der Waals surface area contributed by atoms with Gasteiger partial charge in [-0.15, -0.1) is 0 Å². The van der Waals surface area contributed by atoms with Crippen LogP contribution in [0.3, 0.4) is 0 Å². The molecule has 162 valence electrons. The minimum Gasteiger partial charge on any atom is -0.493 e. The van der Waals surface area contributed by atoms with Crippen LogP contribution in [0.1, 0.15) is 43.9 Å². The summed E-state index contributed by atoms with van der Waals surface area (Å²) in [6.07, 6.45) is 7.09. The van der Waals surface area contributed by atoms with Gasteiger partial charge in [-0.05, 0) is 56.1 Å². The number of nitrogens with one attached hydrogen (secondary N) is 1. The lowest BCUT2D eigenvalue weighted by Gasteiger charge is -2.31. The molecule has 1 saturated carbocycles. The van der Waals surface area contributed by atoms with E-state index >= 15 is 0 Å². The average molecular weight is 412 g/mol.